The number of aliphatic hydroxyl groups is 1. The number of benzene rings is 3. The Bertz CT molecular complexity index is 1450. The minimum Gasteiger partial charge on any atom is -0.497 e. The average molecular weight is 523 g/mol. The van der Waals surface area contributed by atoms with Crippen LogP contribution < -0.4 is 24.3 Å². The van der Waals surface area contributed by atoms with Gasteiger partial charge >= 0.3 is 0 Å². The highest BCUT2D eigenvalue weighted by Crippen LogP contribution is 2.38. The molecule has 0 spiro atoms. The minimum absolute atomic E-state index is 0.127. The zero-order valence-corrected chi connectivity index (χ0v) is 21.2. The number of aliphatic hydroxyl groups excluding tert-OH is 1. The first-order valence-corrected chi connectivity index (χ1v) is 12.2. The summed E-state index contributed by atoms with van der Waals surface area (Å²) in [7, 11) is 3.09. The van der Waals surface area contributed by atoms with Gasteiger partial charge in [0.15, 0.2) is 5.78 Å². The predicted octanol–water partition coefficient (Wildman–Crippen LogP) is 5.18. The number of nitrogens with one attached hydrogen (secondary N) is 2. The Kier molecular flexibility index (Phi) is 7.12. The van der Waals surface area contributed by atoms with Crippen LogP contribution in [-0.4, -0.2) is 49.9 Å². The maximum absolute atomic E-state index is 14.2. The molecule has 0 aliphatic carbocycles. The molecule has 4 aromatic rings. The maximum atomic E-state index is 14.2. The van der Waals surface area contributed by atoms with E-state index in [1.54, 1.807) is 49.7 Å². The van der Waals surface area contributed by atoms with Gasteiger partial charge in [-0.25, -0.2) is 0 Å². The van der Waals surface area contributed by atoms with E-state index < -0.39 is 6.04 Å². The number of ketones is 1. The highest BCUT2D eigenvalue weighted by molar-refractivity contribution is 6.30. The van der Waals surface area contributed by atoms with Gasteiger partial charge in [-0.15, -0.1) is 0 Å². The number of methoxy groups -OCH3 is 2. The standard InChI is InChI=1S/C28H27ClN2O6/c1-34-18-12-17(13-19(14-18)36-10-8-32)31-27(21-4-3-16(29)11-25(21)35-2)28(33)23-15-30-26-20(23)5-6-24-22(26)7-9-37-24/h3-6,11-15,27,30-32H,7-10H2,1-2H3. The van der Waals surface area contributed by atoms with Crippen LogP contribution >= 0.6 is 11.6 Å². The molecule has 1 aromatic heterocycles. The Balaban J connectivity index is 1.59. The number of halogens is 1. The smallest absolute Gasteiger partial charge is 0.191 e. The molecule has 0 bridgehead atoms. The molecule has 3 N–H and O–H groups in total. The van der Waals surface area contributed by atoms with Crippen molar-refractivity contribution in [3.8, 4) is 23.0 Å². The van der Waals surface area contributed by atoms with Gasteiger partial charge in [0.05, 0.1) is 33.0 Å². The van der Waals surface area contributed by atoms with Crippen molar-refractivity contribution in [2.24, 2.45) is 0 Å². The molecule has 8 nitrogen and oxygen atoms in total. The van der Waals surface area contributed by atoms with E-state index in [0.717, 1.165) is 28.6 Å². The SMILES string of the molecule is COc1cc(NC(C(=O)c2c[nH]c3c4c(ccc23)OCC4)c2ccc(Cl)cc2OC)cc(OCCO)c1. The first kappa shape index (κ1) is 24.8. The van der Waals surface area contributed by atoms with Gasteiger partial charge in [-0.3, -0.25) is 4.79 Å². The molecule has 1 atom stereocenters. The van der Waals surface area contributed by atoms with Crippen LogP contribution in [0.1, 0.15) is 27.5 Å². The predicted molar refractivity (Wildman–Crippen MR) is 142 cm³/mol. The molecule has 1 unspecified atom stereocenters. The number of H-pyrrole nitrogens is 1. The quantitative estimate of drug-likeness (QED) is 0.247. The van der Waals surface area contributed by atoms with Gasteiger partial charge in [0.2, 0.25) is 0 Å². The highest BCUT2D eigenvalue weighted by Gasteiger charge is 2.29. The number of rotatable bonds is 10. The molecule has 3 aromatic carbocycles. The van der Waals surface area contributed by atoms with Gasteiger partial charge in [0, 0.05) is 63.6 Å². The topological polar surface area (TPSA) is 102 Å². The van der Waals surface area contributed by atoms with Crippen molar-refractivity contribution in [1.82, 2.24) is 4.98 Å². The number of ether oxygens (including phenoxy) is 4. The van der Waals surface area contributed by atoms with Crippen LogP contribution in [0.4, 0.5) is 5.69 Å². The third-order valence-electron chi connectivity index (χ3n) is 6.35. The molecule has 0 saturated heterocycles. The van der Waals surface area contributed by atoms with Gasteiger partial charge in [-0.05, 0) is 24.3 Å². The van der Waals surface area contributed by atoms with E-state index in [9.17, 15) is 4.79 Å². The van der Waals surface area contributed by atoms with Gasteiger partial charge in [0.1, 0.15) is 35.6 Å². The number of aromatic amines is 1. The molecular weight excluding hydrogens is 496 g/mol. The number of fused-ring (bicyclic) bond motifs is 3. The number of anilines is 1. The Labute approximate surface area is 219 Å². The Morgan fingerprint density at radius 3 is 2.76 bits per heavy atom. The zero-order valence-electron chi connectivity index (χ0n) is 20.5. The fourth-order valence-electron chi connectivity index (χ4n) is 4.64. The van der Waals surface area contributed by atoms with Crippen molar-refractivity contribution >= 4 is 34.0 Å². The number of Topliss-reactive ketones (excluding diaryl/α,β-unsaturated/α-hetero) is 1. The molecule has 37 heavy (non-hydrogen) atoms. The van der Waals surface area contributed by atoms with Crippen molar-refractivity contribution in [3.05, 3.63) is 76.4 Å². The summed E-state index contributed by atoms with van der Waals surface area (Å²) in [6.07, 6.45) is 2.53. The number of hydrogen-bond acceptors (Lipinski definition) is 7. The van der Waals surface area contributed by atoms with Crippen LogP contribution in [0, 0.1) is 0 Å². The molecule has 0 amide bonds. The summed E-state index contributed by atoms with van der Waals surface area (Å²) in [6, 6.07) is 13.4. The number of hydrogen-bond donors (Lipinski definition) is 3. The lowest BCUT2D eigenvalue weighted by atomic mass is 9.95. The van der Waals surface area contributed by atoms with E-state index in [2.05, 4.69) is 10.3 Å². The fourth-order valence-corrected chi connectivity index (χ4v) is 4.80. The van der Waals surface area contributed by atoms with Crippen molar-refractivity contribution in [2.45, 2.75) is 12.5 Å². The summed E-state index contributed by atoms with van der Waals surface area (Å²) in [4.78, 5) is 17.5. The molecule has 1 aliphatic rings. The Morgan fingerprint density at radius 1 is 1.14 bits per heavy atom. The summed E-state index contributed by atoms with van der Waals surface area (Å²) >= 11 is 6.23. The van der Waals surface area contributed by atoms with Gasteiger partial charge in [-0.2, -0.15) is 0 Å². The second-order valence-corrected chi connectivity index (χ2v) is 9.00. The van der Waals surface area contributed by atoms with E-state index in [1.807, 2.05) is 12.1 Å². The van der Waals surface area contributed by atoms with E-state index in [1.165, 1.54) is 7.11 Å². The Morgan fingerprint density at radius 2 is 1.97 bits per heavy atom. The first-order valence-electron chi connectivity index (χ1n) is 11.8. The third-order valence-corrected chi connectivity index (χ3v) is 6.59. The lowest BCUT2D eigenvalue weighted by Gasteiger charge is -2.22. The monoisotopic (exact) mass is 522 g/mol. The molecule has 0 radical (unpaired) electrons. The summed E-state index contributed by atoms with van der Waals surface area (Å²) < 4.78 is 22.3. The zero-order chi connectivity index (χ0) is 25.9. The number of carbonyl (C=O) groups excluding carboxylic acids is 1. The lowest BCUT2D eigenvalue weighted by molar-refractivity contribution is 0.0970. The van der Waals surface area contributed by atoms with Crippen molar-refractivity contribution in [1.29, 1.82) is 0 Å². The average Bonchev–Trinajstić information content (AvgIpc) is 3.57. The second kappa shape index (κ2) is 10.6. The van der Waals surface area contributed by atoms with Gasteiger partial charge in [0.25, 0.3) is 0 Å². The summed E-state index contributed by atoms with van der Waals surface area (Å²) in [6.45, 7) is 0.626. The summed E-state index contributed by atoms with van der Waals surface area (Å²) in [5.41, 5.74) is 3.73. The minimum atomic E-state index is -0.825. The van der Waals surface area contributed by atoms with Crippen LogP contribution in [-0.2, 0) is 6.42 Å². The van der Waals surface area contributed by atoms with Crippen molar-refractivity contribution in [3.63, 3.8) is 0 Å². The van der Waals surface area contributed by atoms with Gasteiger partial charge in [-0.1, -0.05) is 17.7 Å². The van der Waals surface area contributed by atoms with E-state index in [0.29, 0.717) is 45.7 Å². The largest absolute Gasteiger partial charge is 0.497 e. The first-order chi connectivity index (χ1) is 18.0. The van der Waals surface area contributed by atoms with E-state index in [4.69, 9.17) is 35.7 Å². The van der Waals surface area contributed by atoms with Crippen molar-refractivity contribution < 1.29 is 28.8 Å². The molecular formula is C28H27ClN2O6. The Hall–Kier alpha value is -3.88. The molecule has 192 valence electrons. The molecule has 0 saturated carbocycles. The molecule has 5 rings (SSSR count). The van der Waals surface area contributed by atoms with Crippen LogP contribution in [0.25, 0.3) is 10.9 Å². The number of carbonyl (C=O) groups is 1. The fraction of sp³-hybridized carbons (Fsp3) is 0.250. The maximum Gasteiger partial charge on any atom is 0.191 e. The normalized spacial score (nSPS) is 13.1. The van der Waals surface area contributed by atoms with Crippen LogP contribution in [0.3, 0.4) is 0 Å². The van der Waals surface area contributed by atoms with E-state index >= 15 is 0 Å². The molecule has 9 heteroatoms. The van der Waals surface area contributed by atoms with Crippen LogP contribution in [0.2, 0.25) is 5.02 Å². The van der Waals surface area contributed by atoms with Crippen LogP contribution in [0.5, 0.6) is 23.0 Å². The third kappa shape index (κ3) is 4.90. The van der Waals surface area contributed by atoms with Gasteiger partial charge < -0.3 is 34.4 Å². The lowest BCUT2D eigenvalue weighted by Crippen LogP contribution is -2.22. The highest BCUT2D eigenvalue weighted by atomic mass is 35.5. The summed E-state index contributed by atoms with van der Waals surface area (Å²) in [5.74, 6) is 2.19. The molecule has 1 aliphatic heterocycles. The number of aromatic nitrogens is 1. The molecule has 2 heterocycles. The van der Waals surface area contributed by atoms with Crippen LogP contribution in [0.15, 0.2) is 54.7 Å². The van der Waals surface area contributed by atoms with E-state index in [-0.39, 0.29) is 19.0 Å². The second-order valence-electron chi connectivity index (χ2n) is 8.56. The van der Waals surface area contributed by atoms with Crippen molar-refractivity contribution in [2.75, 3.05) is 39.4 Å². The summed E-state index contributed by atoms with van der Waals surface area (Å²) in [5, 5.41) is 13.8. The molecule has 0 fully saturated rings.